The van der Waals surface area contributed by atoms with E-state index in [2.05, 4.69) is 13.8 Å². The van der Waals surface area contributed by atoms with Crippen molar-refractivity contribution < 1.29 is 9.59 Å². The molecule has 21 heavy (non-hydrogen) atoms. The Hall–Kier alpha value is -1.84. The van der Waals surface area contributed by atoms with Crippen LogP contribution < -0.4 is 0 Å². The van der Waals surface area contributed by atoms with Gasteiger partial charge in [0.2, 0.25) is 11.8 Å². The van der Waals surface area contributed by atoms with Crippen LogP contribution in [0.15, 0.2) is 30.3 Å². The van der Waals surface area contributed by atoms with Crippen LogP contribution in [-0.2, 0) is 16.1 Å². The minimum atomic E-state index is -0.353. The lowest BCUT2D eigenvalue weighted by molar-refractivity contribution is -0.155. The first-order valence-electron chi connectivity index (χ1n) is 7.61. The van der Waals surface area contributed by atoms with E-state index in [1.54, 1.807) is 9.80 Å². The van der Waals surface area contributed by atoms with Crippen molar-refractivity contribution in [1.82, 2.24) is 9.80 Å². The Bertz CT molecular complexity index is 499. The Morgan fingerprint density at radius 2 is 1.86 bits per heavy atom. The fourth-order valence-corrected chi connectivity index (χ4v) is 2.60. The second-order valence-electron chi connectivity index (χ2n) is 6.13. The van der Waals surface area contributed by atoms with Crippen molar-refractivity contribution in [1.29, 1.82) is 0 Å². The molecular formula is C17H24N2O2. The zero-order valence-corrected chi connectivity index (χ0v) is 13.1. The molecule has 1 aliphatic rings. The monoisotopic (exact) mass is 288 g/mol. The van der Waals surface area contributed by atoms with E-state index >= 15 is 0 Å². The Morgan fingerprint density at radius 3 is 2.48 bits per heavy atom. The number of carbonyl (C=O) groups excluding carboxylic acids is 2. The molecule has 1 aromatic carbocycles. The Morgan fingerprint density at radius 1 is 1.19 bits per heavy atom. The van der Waals surface area contributed by atoms with E-state index in [-0.39, 0.29) is 24.4 Å². The molecule has 0 unspecified atom stereocenters. The van der Waals surface area contributed by atoms with E-state index in [0.717, 1.165) is 12.0 Å². The van der Waals surface area contributed by atoms with Gasteiger partial charge in [-0.15, -0.1) is 0 Å². The maximum Gasteiger partial charge on any atom is 0.245 e. The summed E-state index contributed by atoms with van der Waals surface area (Å²) in [6, 6.07) is 9.45. The summed E-state index contributed by atoms with van der Waals surface area (Å²) in [5, 5.41) is 0. The highest BCUT2D eigenvalue weighted by molar-refractivity contribution is 5.94. The Labute approximate surface area is 126 Å². The predicted molar refractivity (Wildman–Crippen MR) is 82.5 cm³/mol. The molecule has 0 saturated carbocycles. The molecule has 0 N–H and O–H groups in total. The van der Waals surface area contributed by atoms with Crippen LogP contribution in [0.1, 0.15) is 32.8 Å². The van der Waals surface area contributed by atoms with Gasteiger partial charge in [-0.25, -0.2) is 0 Å². The van der Waals surface area contributed by atoms with Crippen molar-refractivity contribution in [3.05, 3.63) is 35.9 Å². The second-order valence-corrected chi connectivity index (χ2v) is 6.13. The van der Waals surface area contributed by atoms with Crippen molar-refractivity contribution in [2.24, 2.45) is 5.92 Å². The highest BCUT2D eigenvalue weighted by atomic mass is 16.2. The first-order valence-corrected chi connectivity index (χ1v) is 7.61. The van der Waals surface area contributed by atoms with Gasteiger partial charge in [0.05, 0.1) is 0 Å². The molecule has 114 valence electrons. The van der Waals surface area contributed by atoms with Crippen molar-refractivity contribution in [3.8, 4) is 0 Å². The standard InChI is InChI=1S/C17H24N2O2/c1-13(2)9-10-19-14(3)17(21)18(12-16(19)20)11-15-7-5-4-6-8-15/h4-8,13-14H,9-12H2,1-3H3/t14-/m0/s1. The number of carbonyl (C=O) groups is 2. The third kappa shape index (κ3) is 3.84. The Kier molecular flexibility index (Phi) is 4.99. The smallest absolute Gasteiger partial charge is 0.245 e. The SMILES string of the molecule is CC(C)CCN1C(=O)CN(Cc2ccccc2)C(=O)[C@@H]1C. The molecule has 1 atom stereocenters. The normalized spacial score (nSPS) is 19.5. The van der Waals surface area contributed by atoms with Gasteiger partial charge in [0, 0.05) is 13.1 Å². The van der Waals surface area contributed by atoms with Crippen LogP contribution in [0.3, 0.4) is 0 Å². The molecule has 4 nitrogen and oxygen atoms in total. The van der Waals surface area contributed by atoms with E-state index in [1.165, 1.54) is 0 Å². The molecule has 0 aliphatic carbocycles. The van der Waals surface area contributed by atoms with Crippen LogP contribution in [0.5, 0.6) is 0 Å². The van der Waals surface area contributed by atoms with Crippen LogP contribution in [0.25, 0.3) is 0 Å². The van der Waals surface area contributed by atoms with Crippen molar-refractivity contribution >= 4 is 11.8 Å². The molecule has 2 amide bonds. The number of nitrogens with zero attached hydrogens (tertiary/aromatic N) is 2. The van der Waals surface area contributed by atoms with Gasteiger partial charge < -0.3 is 9.80 Å². The second kappa shape index (κ2) is 6.74. The van der Waals surface area contributed by atoms with Crippen LogP contribution in [0.2, 0.25) is 0 Å². The molecule has 2 rings (SSSR count). The fraction of sp³-hybridized carbons (Fsp3) is 0.529. The molecule has 0 radical (unpaired) electrons. The molecule has 1 saturated heterocycles. The summed E-state index contributed by atoms with van der Waals surface area (Å²) in [5.41, 5.74) is 1.06. The average molecular weight is 288 g/mol. The van der Waals surface area contributed by atoms with Crippen LogP contribution in [-0.4, -0.2) is 40.7 Å². The van der Waals surface area contributed by atoms with E-state index in [0.29, 0.717) is 19.0 Å². The van der Waals surface area contributed by atoms with E-state index in [1.807, 2.05) is 37.3 Å². The maximum absolute atomic E-state index is 12.5. The number of piperazine rings is 1. The van der Waals surface area contributed by atoms with E-state index in [9.17, 15) is 9.59 Å². The summed E-state index contributed by atoms with van der Waals surface area (Å²) in [6.45, 7) is 7.45. The lowest BCUT2D eigenvalue weighted by Crippen LogP contribution is -2.58. The lowest BCUT2D eigenvalue weighted by Gasteiger charge is -2.39. The summed E-state index contributed by atoms with van der Waals surface area (Å²) in [4.78, 5) is 28.1. The van der Waals surface area contributed by atoms with Gasteiger partial charge in [0.25, 0.3) is 0 Å². The van der Waals surface area contributed by atoms with E-state index < -0.39 is 0 Å². The minimum absolute atomic E-state index is 0.0437. The molecular weight excluding hydrogens is 264 g/mol. The molecule has 1 aromatic rings. The van der Waals surface area contributed by atoms with Crippen molar-refractivity contribution in [2.75, 3.05) is 13.1 Å². The number of hydrogen-bond donors (Lipinski definition) is 0. The highest BCUT2D eigenvalue weighted by Gasteiger charge is 2.35. The largest absolute Gasteiger partial charge is 0.329 e. The average Bonchev–Trinajstić information content (AvgIpc) is 2.45. The molecule has 1 heterocycles. The molecule has 0 spiro atoms. The third-order valence-electron chi connectivity index (χ3n) is 3.95. The molecule has 1 fully saturated rings. The van der Waals surface area contributed by atoms with E-state index in [4.69, 9.17) is 0 Å². The van der Waals surface area contributed by atoms with Crippen LogP contribution in [0, 0.1) is 5.92 Å². The summed E-state index contributed by atoms with van der Waals surface area (Å²) in [6.07, 6.45) is 0.933. The van der Waals surface area contributed by atoms with Gasteiger partial charge in [0.1, 0.15) is 12.6 Å². The fourth-order valence-electron chi connectivity index (χ4n) is 2.60. The summed E-state index contributed by atoms with van der Waals surface area (Å²) in [7, 11) is 0. The minimum Gasteiger partial charge on any atom is -0.329 e. The summed E-state index contributed by atoms with van der Waals surface area (Å²) >= 11 is 0. The first-order chi connectivity index (χ1) is 9.99. The van der Waals surface area contributed by atoms with Crippen LogP contribution in [0.4, 0.5) is 0 Å². The zero-order valence-electron chi connectivity index (χ0n) is 13.1. The van der Waals surface area contributed by atoms with Crippen LogP contribution >= 0.6 is 0 Å². The summed E-state index contributed by atoms with van der Waals surface area (Å²) < 4.78 is 0. The number of benzene rings is 1. The highest BCUT2D eigenvalue weighted by Crippen LogP contribution is 2.17. The number of rotatable bonds is 5. The zero-order chi connectivity index (χ0) is 15.4. The van der Waals surface area contributed by atoms with Crippen molar-refractivity contribution in [3.63, 3.8) is 0 Å². The van der Waals surface area contributed by atoms with Gasteiger partial charge in [-0.2, -0.15) is 0 Å². The molecule has 0 aromatic heterocycles. The Balaban J connectivity index is 2.02. The van der Waals surface area contributed by atoms with Gasteiger partial charge in [-0.3, -0.25) is 9.59 Å². The van der Waals surface area contributed by atoms with Gasteiger partial charge in [0.15, 0.2) is 0 Å². The predicted octanol–water partition coefficient (Wildman–Crippen LogP) is 2.29. The maximum atomic E-state index is 12.5. The topological polar surface area (TPSA) is 40.6 Å². The number of amides is 2. The quantitative estimate of drug-likeness (QED) is 0.834. The van der Waals surface area contributed by atoms with Gasteiger partial charge in [-0.1, -0.05) is 44.2 Å². The number of hydrogen-bond acceptors (Lipinski definition) is 2. The third-order valence-corrected chi connectivity index (χ3v) is 3.95. The molecule has 0 bridgehead atoms. The van der Waals surface area contributed by atoms with Crippen molar-refractivity contribution in [2.45, 2.75) is 39.8 Å². The summed E-state index contributed by atoms with van der Waals surface area (Å²) in [5.74, 6) is 0.628. The lowest BCUT2D eigenvalue weighted by atomic mass is 10.1. The first kappa shape index (κ1) is 15.5. The van der Waals surface area contributed by atoms with Gasteiger partial charge >= 0.3 is 0 Å². The van der Waals surface area contributed by atoms with Gasteiger partial charge in [-0.05, 0) is 24.8 Å². The molecule has 4 heteroatoms. The molecule has 1 aliphatic heterocycles.